The highest BCUT2D eigenvalue weighted by Crippen LogP contribution is 2.17. The SMILES string of the molecule is CC(C)(C)OC(=O)N[C@H](C(=O)OC(C)(C)C)[C@H]1CC=NNC1=O. The number of hydrogen-bond donors (Lipinski definition) is 2. The van der Waals surface area contributed by atoms with Gasteiger partial charge in [0.2, 0.25) is 5.91 Å². The number of hydrazone groups is 1. The van der Waals surface area contributed by atoms with Gasteiger partial charge in [-0.2, -0.15) is 5.10 Å². The highest BCUT2D eigenvalue weighted by Gasteiger charge is 2.39. The minimum absolute atomic E-state index is 0.214. The molecule has 0 spiro atoms. The van der Waals surface area contributed by atoms with E-state index in [4.69, 9.17) is 9.47 Å². The van der Waals surface area contributed by atoms with E-state index in [1.807, 2.05) is 0 Å². The number of hydrogen-bond acceptors (Lipinski definition) is 6. The fraction of sp³-hybridized carbons (Fsp3) is 0.733. The molecule has 0 radical (unpaired) electrons. The standard InChI is InChI=1S/C15H25N3O5/c1-14(2,3)22-12(20)10(9-7-8-16-18-11(9)19)17-13(21)23-15(4,5)6/h8-10H,7H2,1-6H3,(H,17,21)(H,18,19)/t9-,10+/m1/s1. The van der Waals surface area contributed by atoms with Crippen molar-refractivity contribution in [3.8, 4) is 0 Å². The molecule has 0 saturated carbocycles. The van der Waals surface area contributed by atoms with E-state index in [2.05, 4.69) is 15.8 Å². The third kappa shape index (κ3) is 6.66. The Morgan fingerprint density at radius 1 is 1.22 bits per heavy atom. The van der Waals surface area contributed by atoms with Gasteiger partial charge in [0.05, 0.1) is 5.92 Å². The van der Waals surface area contributed by atoms with Crippen LogP contribution in [0.3, 0.4) is 0 Å². The Morgan fingerprint density at radius 2 is 1.78 bits per heavy atom. The Morgan fingerprint density at radius 3 is 2.26 bits per heavy atom. The molecule has 2 N–H and O–H groups in total. The number of amides is 2. The first-order chi connectivity index (χ1) is 10.4. The first-order valence-corrected chi connectivity index (χ1v) is 7.43. The van der Waals surface area contributed by atoms with Crippen LogP contribution in [0.5, 0.6) is 0 Å². The number of nitrogens with one attached hydrogen (secondary N) is 2. The summed E-state index contributed by atoms with van der Waals surface area (Å²) in [6.07, 6.45) is 0.898. The lowest BCUT2D eigenvalue weighted by Crippen LogP contribution is -2.54. The molecule has 1 rings (SSSR count). The van der Waals surface area contributed by atoms with Crippen molar-refractivity contribution < 1.29 is 23.9 Å². The van der Waals surface area contributed by atoms with E-state index in [-0.39, 0.29) is 6.42 Å². The number of carbonyl (C=O) groups excluding carboxylic acids is 3. The van der Waals surface area contributed by atoms with Gasteiger partial charge in [0.1, 0.15) is 17.2 Å². The fourth-order valence-corrected chi connectivity index (χ4v) is 1.88. The molecular weight excluding hydrogens is 302 g/mol. The average molecular weight is 327 g/mol. The lowest BCUT2D eigenvalue weighted by atomic mass is 9.94. The second kappa shape index (κ2) is 6.97. The zero-order chi connectivity index (χ0) is 17.8. The molecule has 0 aromatic rings. The van der Waals surface area contributed by atoms with Gasteiger partial charge in [-0.15, -0.1) is 0 Å². The molecule has 0 aromatic carbocycles. The van der Waals surface area contributed by atoms with Crippen molar-refractivity contribution in [1.29, 1.82) is 0 Å². The van der Waals surface area contributed by atoms with Crippen LogP contribution in [-0.4, -0.2) is 41.4 Å². The largest absolute Gasteiger partial charge is 0.458 e. The summed E-state index contributed by atoms with van der Waals surface area (Å²) in [7, 11) is 0. The van der Waals surface area contributed by atoms with Crippen LogP contribution >= 0.6 is 0 Å². The number of rotatable bonds is 3. The molecule has 0 bridgehead atoms. The Kier molecular flexibility index (Phi) is 5.74. The van der Waals surface area contributed by atoms with E-state index >= 15 is 0 Å². The monoisotopic (exact) mass is 327 g/mol. The summed E-state index contributed by atoms with van der Waals surface area (Å²) in [4.78, 5) is 36.3. The van der Waals surface area contributed by atoms with E-state index in [0.29, 0.717) is 0 Å². The molecule has 0 saturated heterocycles. The molecule has 2 amide bonds. The van der Waals surface area contributed by atoms with Gasteiger partial charge in [-0.05, 0) is 48.0 Å². The van der Waals surface area contributed by atoms with Crippen molar-refractivity contribution >= 4 is 24.2 Å². The van der Waals surface area contributed by atoms with Crippen molar-refractivity contribution in [1.82, 2.24) is 10.7 Å². The Hall–Kier alpha value is -2.12. The predicted molar refractivity (Wildman–Crippen MR) is 83.7 cm³/mol. The molecule has 23 heavy (non-hydrogen) atoms. The summed E-state index contributed by atoms with van der Waals surface area (Å²) < 4.78 is 10.5. The van der Waals surface area contributed by atoms with Crippen LogP contribution in [0.2, 0.25) is 0 Å². The van der Waals surface area contributed by atoms with Gasteiger partial charge in [-0.3, -0.25) is 4.79 Å². The Bertz CT molecular complexity index is 502. The topological polar surface area (TPSA) is 106 Å². The molecule has 1 aliphatic heterocycles. The number of carbonyl (C=O) groups is 3. The van der Waals surface area contributed by atoms with Crippen LogP contribution in [0.25, 0.3) is 0 Å². The Labute approximate surface area is 136 Å². The highest BCUT2D eigenvalue weighted by atomic mass is 16.6. The smallest absolute Gasteiger partial charge is 0.408 e. The summed E-state index contributed by atoms with van der Waals surface area (Å²) in [5.41, 5.74) is 0.813. The van der Waals surface area contributed by atoms with E-state index in [1.54, 1.807) is 41.5 Å². The maximum atomic E-state index is 12.4. The molecule has 8 heteroatoms. The Balaban J connectivity index is 2.92. The van der Waals surface area contributed by atoms with Crippen LogP contribution in [0.15, 0.2) is 5.10 Å². The van der Waals surface area contributed by atoms with Crippen LogP contribution < -0.4 is 10.7 Å². The minimum Gasteiger partial charge on any atom is -0.458 e. The zero-order valence-electron chi connectivity index (χ0n) is 14.4. The molecule has 1 heterocycles. The normalized spacial score (nSPS) is 19.6. The molecule has 0 fully saturated rings. The van der Waals surface area contributed by atoms with Gasteiger partial charge >= 0.3 is 12.1 Å². The third-order valence-electron chi connectivity index (χ3n) is 2.70. The van der Waals surface area contributed by atoms with Crippen LogP contribution in [0, 0.1) is 5.92 Å². The highest BCUT2D eigenvalue weighted by molar-refractivity contribution is 5.92. The molecular formula is C15H25N3O5. The quantitative estimate of drug-likeness (QED) is 0.761. The first-order valence-electron chi connectivity index (χ1n) is 7.43. The fourth-order valence-electron chi connectivity index (χ4n) is 1.88. The van der Waals surface area contributed by atoms with E-state index in [9.17, 15) is 14.4 Å². The van der Waals surface area contributed by atoms with Gasteiger partial charge in [0.15, 0.2) is 0 Å². The van der Waals surface area contributed by atoms with E-state index in [1.165, 1.54) is 6.21 Å². The van der Waals surface area contributed by atoms with Crippen LogP contribution in [0.4, 0.5) is 4.79 Å². The van der Waals surface area contributed by atoms with E-state index in [0.717, 1.165) is 0 Å². The first kappa shape index (κ1) is 18.9. The molecule has 1 aliphatic rings. The number of ether oxygens (including phenoxy) is 2. The van der Waals surface area contributed by atoms with Gasteiger partial charge in [-0.1, -0.05) is 0 Å². The molecule has 0 aliphatic carbocycles. The number of nitrogens with zero attached hydrogens (tertiary/aromatic N) is 1. The maximum absolute atomic E-state index is 12.4. The van der Waals surface area contributed by atoms with Crippen LogP contribution in [0.1, 0.15) is 48.0 Å². The summed E-state index contributed by atoms with van der Waals surface area (Å²) >= 11 is 0. The lowest BCUT2D eigenvalue weighted by molar-refractivity contribution is -0.160. The van der Waals surface area contributed by atoms with Gasteiger partial charge in [-0.25, -0.2) is 15.0 Å². The molecule has 0 aromatic heterocycles. The van der Waals surface area contributed by atoms with Crippen LogP contribution in [-0.2, 0) is 19.1 Å². The summed E-state index contributed by atoms with van der Waals surface area (Å²) in [6.45, 7) is 10.2. The van der Waals surface area contributed by atoms with Gasteiger partial charge < -0.3 is 14.8 Å². The molecule has 0 unspecified atom stereocenters. The molecule has 2 atom stereocenters. The summed E-state index contributed by atoms with van der Waals surface area (Å²) in [5, 5.41) is 6.08. The number of alkyl carbamates (subject to hydrolysis) is 1. The van der Waals surface area contributed by atoms with Crippen molar-refractivity contribution in [2.45, 2.75) is 65.2 Å². The third-order valence-corrected chi connectivity index (χ3v) is 2.70. The second-order valence-electron chi connectivity index (χ2n) is 7.29. The predicted octanol–water partition coefficient (Wildman–Crippen LogP) is 1.34. The maximum Gasteiger partial charge on any atom is 0.408 e. The average Bonchev–Trinajstić information content (AvgIpc) is 2.32. The number of esters is 1. The van der Waals surface area contributed by atoms with Gasteiger partial charge in [0, 0.05) is 6.21 Å². The van der Waals surface area contributed by atoms with Crippen molar-refractivity contribution in [3.05, 3.63) is 0 Å². The lowest BCUT2D eigenvalue weighted by Gasteiger charge is -2.30. The summed E-state index contributed by atoms with van der Waals surface area (Å²) in [6, 6.07) is -1.16. The van der Waals surface area contributed by atoms with Crippen molar-refractivity contribution in [2.75, 3.05) is 0 Å². The summed E-state index contributed by atoms with van der Waals surface area (Å²) in [5.74, 6) is -1.96. The van der Waals surface area contributed by atoms with Crippen molar-refractivity contribution in [3.63, 3.8) is 0 Å². The van der Waals surface area contributed by atoms with E-state index < -0.39 is 41.1 Å². The van der Waals surface area contributed by atoms with Gasteiger partial charge in [0.25, 0.3) is 0 Å². The molecule has 8 nitrogen and oxygen atoms in total. The minimum atomic E-state index is -1.16. The zero-order valence-corrected chi connectivity index (χ0v) is 14.4. The van der Waals surface area contributed by atoms with Crippen molar-refractivity contribution in [2.24, 2.45) is 11.0 Å². The second-order valence-corrected chi connectivity index (χ2v) is 7.29. The molecule has 130 valence electrons.